The summed E-state index contributed by atoms with van der Waals surface area (Å²) in [7, 11) is 0. The molecule has 0 spiro atoms. The molecule has 1 amide bonds. The number of piperidine rings is 1. The Bertz CT molecular complexity index is 1080. The second-order valence-electron chi connectivity index (χ2n) is 9.91. The molecular weight excluding hydrogens is 450 g/mol. The summed E-state index contributed by atoms with van der Waals surface area (Å²) in [5.41, 5.74) is 3.29. The third-order valence-electron chi connectivity index (χ3n) is 6.60. The second kappa shape index (κ2) is 9.86. The van der Waals surface area contributed by atoms with Crippen molar-refractivity contribution in [2.45, 2.75) is 46.1 Å². The summed E-state index contributed by atoms with van der Waals surface area (Å²) < 4.78 is 0. The van der Waals surface area contributed by atoms with Crippen LogP contribution in [0.25, 0.3) is 11.3 Å². The molecule has 6 heteroatoms. The fourth-order valence-corrected chi connectivity index (χ4v) is 5.67. The first-order valence-electron chi connectivity index (χ1n) is 11.6. The monoisotopic (exact) mass is 481 g/mol. The van der Waals surface area contributed by atoms with E-state index in [9.17, 15) is 4.79 Å². The van der Waals surface area contributed by atoms with Crippen LogP contribution in [-0.2, 0) is 4.79 Å². The standard InChI is InChI=1S/C27H32ClN3OS/c1-18(2)24(30-26-29-23(16-33-26)20-8-6-5-7-9-20)25(32)31-15-14-22(27(3,4)17-31)19-10-12-21(28)13-11-19/h5-13,16,18,22,24H,14-15,17H2,1-4H3,(H,29,30)/t22?,24-/m1/s1. The van der Waals surface area contributed by atoms with Gasteiger partial charge in [-0.25, -0.2) is 4.98 Å². The van der Waals surface area contributed by atoms with E-state index in [0.717, 1.165) is 40.9 Å². The van der Waals surface area contributed by atoms with Crippen LogP contribution in [0.5, 0.6) is 0 Å². The Morgan fingerprint density at radius 1 is 1.15 bits per heavy atom. The van der Waals surface area contributed by atoms with Gasteiger partial charge in [0.1, 0.15) is 6.04 Å². The van der Waals surface area contributed by atoms with Crippen molar-refractivity contribution in [3.8, 4) is 11.3 Å². The van der Waals surface area contributed by atoms with Crippen molar-refractivity contribution < 1.29 is 4.79 Å². The number of likely N-dealkylation sites (tertiary alicyclic amines) is 1. The predicted octanol–water partition coefficient (Wildman–Crippen LogP) is 6.94. The zero-order chi connectivity index (χ0) is 23.6. The van der Waals surface area contributed by atoms with Crippen LogP contribution in [0.4, 0.5) is 5.13 Å². The first-order valence-corrected chi connectivity index (χ1v) is 12.8. The molecule has 1 aromatic heterocycles. The molecule has 4 rings (SSSR count). The van der Waals surface area contributed by atoms with Crippen molar-refractivity contribution >= 4 is 34.0 Å². The number of nitrogens with one attached hydrogen (secondary N) is 1. The third-order valence-corrected chi connectivity index (χ3v) is 7.62. The number of carbonyl (C=O) groups is 1. The summed E-state index contributed by atoms with van der Waals surface area (Å²) in [4.78, 5) is 20.4. The number of benzene rings is 2. The maximum atomic E-state index is 13.6. The van der Waals surface area contributed by atoms with E-state index in [-0.39, 0.29) is 23.3 Å². The molecule has 4 nitrogen and oxygen atoms in total. The van der Waals surface area contributed by atoms with Crippen molar-refractivity contribution in [2.75, 3.05) is 18.4 Å². The van der Waals surface area contributed by atoms with Crippen LogP contribution in [0.1, 0.15) is 45.6 Å². The summed E-state index contributed by atoms with van der Waals surface area (Å²) in [6, 6.07) is 18.0. The zero-order valence-electron chi connectivity index (χ0n) is 19.7. The predicted molar refractivity (Wildman–Crippen MR) is 139 cm³/mol. The van der Waals surface area contributed by atoms with E-state index in [1.54, 1.807) is 11.3 Å². The number of carbonyl (C=O) groups excluding carboxylic acids is 1. The molecular formula is C27H32ClN3OS. The molecule has 174 valence electrons. The van der Waals surface area contributed by atoms with Crippen LogP contribution < -0.4 is 5.32 Å². The van der Waals surface area contributed by atoms with Crippen LogP contribution in [0.2, 0.25) is 5.02 Å². The van der Waals surface area contributed by atoms with Gasteiger partial charge in [0.25, 0.3) is 0 Å². The van der Waals surface area contributed by atoms with Crippen LogP contribution in [0, 0.1) is 11.3 Å². The number of aromatic nitrogens is 1. The van der Waals surface area contributed by atoms with E-state index < -0.39 is 0 Å². The van der Waals surface area contributed by atoms with Crippen molar-refractivity contribution in [3.05, 3.63) is 70.6 Å². The summed E-state index contributed by atoms with van der Waals surface area (Å²) >= 11 is 7.64. The van der Waals surface area contributed by atoms with Crippen molar-refractivity contribution in [2.24, 2.45) is 11.3 Å². The van der Waals surface area contributed by atoms with E-state index in [1.807, 2.05) is 40.6 Å². The van der Waals surface area contributed by atoms with Gasteiger partial charge in [0.15, 0.2) is 5.13 Å². The lowest BCUT2D eigenvalue weighted by Crippen LogP contribution is -2.53. The molecule has 1 fully saturated rings. The molecule has 33 heavy (non-hydrogen) atoms. The number of thiazole rings is 1. The summed E-state index contributed by atoms with van der Waals surface area (Å²) in [5, 5.41) is 7.03. The molecule has 2 heterocycles. The Morgan fingerprint density at radius 2 is 1.85 bits per heavy atom. The summed E-state index contributed by atoms with van der Waals surface area (Å²) in [6.45, 7) is 10.2. The molecule has 1 aliphatic rings. The normalized spacial score (nSPS) is 18.8. The summed E-state index contributed by atoms with van der Waals surface area (Å²) in [5.74, 6) is 0.708. The first-order chi connectivity index (χ1) is 15.7. The largest absolute Gasteiger partial charge is 0.349 e. The highest BCUT2D eigenvalue weighted by Gasteiger charge is 2.40. The highest BCUT2D eigenvalue weighted by molar-refractivity contribution is 7.14. The number of anilines is 1. The molecule has 2 aromatic carbocycles. The number of nitrogens with zero attached hydrogens (tertiary/aromatic N) is 2. The van der Waals surface area contributed by atoms with E-state index in [0.29, 0.717) is 5.92 Å². The topological polar surface area (TPSA) is 45.2 Å². The molecule has 0 aliphatic carbocycles. The molecule has 1 saturated heterocycles. The van der Waals surface area contributed by atoms with Crippen molar-refractivity contribution in [1.29, 1.82) is 0 Å². The lowest BCUT2D eigenvalue weighted by Gasteiger charge is -2.45. The number of hydrogen-bond acceptors (Lipinski definition) is 4. The lowest BCUT2D eigenvalue weighted by molar-refractivity contribution is -0.136. The molecule has 1 N–H and O–H groups in total. The van der Waals surface area contributed by atoms with Gasteiger partial charge >= 0.3 is 0 Å². The van der Waals surface area contributed by atoms with Gasteiger partial charge in [-0.1, -0.05) is 81.8 Å². The third kappa shape index (κ3) is 5.42. The molecule has 0 radical (unpaired) electrons. The quantitative estimate of drug-likeness (QED) is 0.414. The van der Waals surface area contributed by atoms with Gasteiger partial charge in [-0.2, -0.15) is 0 Å². The van der Waals surface area contributed by atoms with E-state index in [1.165, 1.54) is 5.56 Å². The lowest BCUT2D eigenvalue weighted by atomic mass is 9.70. The molecule has 0 bridgehead atoms. The van der Waals surface area contributed by atoms with E-state index >= 15 is 0 Å². The number of amides is 1. The van der Waals surface area contributed by atoms with Crippen LogP contribution >= 0.6 is 22.9 Å². The van der Waals surface area contributed by atoms with E-state index in [4.69, 9.17) is 16.6 Å². The van der Waals surface area contributed by atoms with Gasteiger partial charge in [-0.05, 0) is 41.4 Å². The number of rotatable bonds is 6. The van der Waals surface area contributed by atoms with Gasteiger partial charge in [-0.3, -0.25) is 4.79 Å². The average molecular weight is 482 g/mol. The Morgan fingerprint density at radius 3 is 2.48 bits per heavy atom. The zero-order valence-corrected chi connectivity index (χ0v) is 21.3. The van der Waals surface area contributed by atoms with Gasteiger partial charge in [0, 0.05) is 29.1 Å². The Hall–Kier alpha value is -2.37. The molecule has 3 aromatic rings. The SMILES string of the molecule is CC(C)[C@@H](Nc1nc(-c2ccccc2)cs1)C(=O)N1CCC(c2ccc(Cl)cc2)C(C)(C)C1. The fraction of sp³-hybridized carbons (Fsp3) is 0.407. The van der Waals surface area contributed by atoms with Gasteiger partial charge in [0.2, 0.25) is 5.91 Å². The number of hydrogen-bond donors (Lipinski definition) is 1. The van der Waals surface area contributed by atoms with E-state index in [2.05, 4.69) is 57.3 Å². The van der Waals surface area contributed by atoms with Crippen LogP contribution in [-0.4, -0.2) is 34.9 Å². The molecule has 0 saturated carbocycles. The Kier molecular flexibility index (Phi) is 7.10. The minimum atomic E-state index is -0.303. The first kappa shape index (κ1) is 23.8. The fourth-order valence-electron chi connectivity index (χ4n) is 4.78. The maximum absolute atomic E-state index is 13.6. The maximum Gasteiger partial charge on any atom is 0.245 e. The molecule has 1 unspecified atom stereocenters. The second-order valence-corrected chi connectivity index (χ2v) is 11.2. The molecule has 1 aliphatic heterocycles. The van der Waals surface area contributed by atoms with Gasteiger partial charge in [0.05, 0.1) is 5.69 Å². The average Bonchev–Trinajstić information content (AvgIpc) is 3.26. The van der Waals surface area contributed by atoms with Gasteiger partial charge < -0.3 is 10.2 Å². The minimum absolute atomic E-state index is 0.0229. The van der Waals surface area contributed by atoms with Crippen LogP contribution in [0.3, 0.4) is 0 Å². The van der Waals surface area contributed by atoms with Crippen molar-refractivity contribution in [1.82, 2.24) is 9.88 Å². The van der Waals surface area contributed by atoms with Crippen LogP contribution in [0.15, 0.2) is 60.0 Å². The Balaban J connectivity index is 1.46. The highest BCUT2D eigenvalue weighted by atomic mass is 35.5. The summed E-state index contributed by atoms with van der Waals surface area (Å²) in [6.07, 6.45) is 0.945. The van der Waals surface area contributed by atoms with Crippen molar-refractivity contribution in [3.63, 3.8) is 0 Å². The van der Waals surface area contributed by atoms with Gasteiger partial charge in [-0.15, -0.1) is 11.3 Å². The number of halogens is 1. The minimum Gasteiger partial charge on any atom is -0.349 e. The molecule has 2 atom stereocenters. The highest BCUT2D eigenvalue weighted by Crippen LogP contribution is 2.42. The smallest absolute Gasteiger partial charge is 0.245 e. The Labute approximate surface area is 206 Å².